The Bertz CT molecular complexity index is 652. The molecule has 5 aliphatic rings. The van der Waals surface area contributed by atoms with Gasteiger partial charge in [0, 0.05) is 19.4 Å². The minimum atomic E-state index is -0.224. The SMILES string of the molecule is COC(=O)C1=CO[C@H](C)[C@H]2C[NH+]3CCC4C5CCC(OC)CC5[N-]C4C3C[C@H]12. The molecule has 1 aliphatic carbocycles. The van der Waals surface area contributed by atoms with Gasteiger partial charge < -0.3 is 24.4 Å². The lowest BCUT2D eigenvalue weighted by molar-refractivity contribution is -0.942. The third-order valence-electron chi connectivity index (χ3n) is 8.60. The number of carbonyl (C=O) groups excluding carboxylic acids is 1. The zero-order chi connectivity index (χ0) is 19.4. The van der Waals surface area contributed by atoms with Gasteiger partial charge in [-0.15, -0.1) is 6.04 Å². The predicted molar refractivity (Wildman–Crippen MR) is 104 cm³/mol. The van der Waals surface area contributed by atoms with Crippen LogP contribution < -0.4 is 4.90 Å². The van der Waals surface area contributed by atoms with Gasteiger partial charge in [0.2, 0.25) is 0 Å². The van der Waals surface area contributed by atoms with Crippen molar-refractivity contribution in [1.82, 2.24) is 0 Å². The van der Waals surface area contributed by atoms with E-state index in [0.717, 1.165) is 36.8 Å². The van der Waals surface area contributed by atoms with Crippen LogP contribution in [0.5, 0.6) is 0 Å². The quantitative estimate of drug-likeness (QED) is 0.722. The Kier molecular flexibility index (Phi) is 4.92. The van der Waals surface area contributed by atoms with Crippen LogP contribution in [0.25, 0.3) is 5.32 Å². The molecule has 1 saturated carbocycles. The van der Waals surface area contributed by atoms with Crippen LogP contribution in [0.15, 0.2) is 11.8 Å². The van der Waals surface area contributed by atoms with E-state index < -0.39 is 0 Å². The fourth-order valence-electron chi connectivity index (χ4n) is 7.16. The molecule has 0 radical (unpaired) electrons. The Labute approximate surface area is 167 Å². The van der Waals surface area contributed by atoms with Crippen LogP contribution in [-0.4, -0.2) is 63.6 Å². The van der Waals surface area contributed by atoms with Crippen LogP contribution in [0.1, 0.15) is 39.0 Å². The highest BCUT2D eigenvalue weighted by Gasteiger charge is 2.53. The second-order valence-corrected chi connectivity index (χ2v) is 9.63. The third kappa shape index (κ3) is 2.91. The molecule has 1 N–H and O–H groups in total. The molecular weight excluding hydrogens is 356 g/mol. The number of nitrogens with zero attached hydrogens (tertiary/aromatic N) is 1. The molecule has 4 fully saturated rings. The van der Waals surface area contributed by atoms with E-state index in [4.69, 9.17) is 19.5 Å². The zero-order valence-corrected chi connectivity index (χ0v) is 17.3. The van der Waals surface area contributed by atoms with Gasteiger partial charge in [0.15, 0.2) is 0 Å². The van der Waals surface area contributed by atoms with E-state index in [1.807, 2.05) is 7.11 Å². The van der Waals surface area contributed by atoms with Crippen LogP contribution in [0, 0.1) is 23.7 Å². The summed E-state index contributed by atoms with van der Waals surface area (Å²) in [5.41, 5.74) is 0.738. The number of hydrogen-bond donors (Lipinski definition) is 1. The van der Waals surface area contributed by atoms with Gasteiger partial charge in [-0.25, -0.2) is 4.79 Å². The molecule has 6 nitrogen and oxygen atoms in total. The summed E-state index contributed by atoms with van der Waals surface area (Å²) in [5.74, 6) is 1.89. The van der Waals surface area contributed by atoms with E-state index in [-0.39, 0.29) is 18.0 Å². The maximum absolute atomic E-state index is 12.4. The van der Waals surface area contributed by atoms with E-state index in [9.17, 15) is 4.79 Å². The second kappa shape index (κ2) is 7.29. The number of esters is 1. The molecule has 0 aromatic rings. The highest BCUT2D eigenvalue weighted by Crippen LogP contribution is 2.50. The first-order chi connectivity index (χ1) is 13.6. The highest BCUT2D eigenvalue weighted by atomic mass is 16.5. The maximum atomic E-state index is 12.4. The highest BCUT2D eigenvalue weighted by molar-refractivity contribution is 5.88. The number of carbonyl (C=O) groups is 1. The molecule has 3 saturated heterocycles. The number of nitrogens with one attached hydrogen (secondary N) is 1. The Morgan fingerprint density at radius 2 is 2.04 bits per heavy atom. The first kappa shape index (κ1) is 18.9. The summed E-state index contributed by atoms with van der Waals surface area (Å²) in [6.45, 7) is 4.47. The van der Waals surface area contributed by atoms with Crippen molar-refractivity contribution in [3.8, 4) is 0 Å². The van der Waals surface area contributed by atoms with Gasteiger partial charge in [0.25, 0.3) is 0 Å². The number of rotatable bonds is 2. The molecule has 0 amide bonds. The van der Waals surface area contributed by atoms with E-state index >= 15 is 0 Å². The van der Waals surface area contributed by atoms with Crippen molar-refractivity contribution in [2.24, 2.45) is 23.7 Å². The molecule has 7 unspecified atom stereocenters. The van der Waals surface area contributed by atoms with Gasteiger partial charge in [0.05, 0.1) is 50.1 Å². The molecule has 156 valence electrons. The summed E-state index contributed by atoms with van der Waals surface area (Å²) in [6.07, 6.45) is 8.10. The maximum Gasteiger partial charge on any atom is 0.337 e. The minimum Gasteiger partial charge on any atom is -0.651 e. The lowest BCUT2D eigenvalue weighted by atomic mass is 9.67. The topological polar surface area (TPSA) is 63.3 Å². The van der Waals surface area contributed by atoms with Gasteiger partial charge in [0.1, 0.15) is 6.10 Å². The molecular formula is C22H34N2O4. The Balaban J connectivity index is 1.38. The molecule has 6 heteroatoms. The molecule has 0 bridgehead atoms. The number of hydrogen-bond acceptors (Lipinski definition) is 4. The normalized spacial score (nSPS) is 49.6. The van der Waals surface area contributed by atoms with Crippen molar-refractivity contribution in [2.45, 2.75) is 69.4 Å². The van der Waals surface area contributed by atoms with Crippen LogP contribution in [0.2, 0.25) is 0 Å². The monoisotopic (exact) mass is 390 g/mol. The summed E-state index contributed by atoms with van der Waals surface area (Å²) >= 11 is 0. The van der Waals surface area contributed by atoms with Crippen LogP contribution >= 0.6 is 0 Å². The average molecular weight is 391 g/mol. The number of methoxy groups -OCH3 is 2. The van der Waals surface area contributed by atoms with Crippen molar-refractivity contribution < 1.29 is 23.9 Å². The molecule has 4 heterocycles. The summed E-state index contributed by atoms with van der Waals surface area (Å²) in [6, 6.07) is 1.47. The average Bonchev–Trinajstić information content (AvgIpc) is 3.10. The van der Waals surface area contributed by atoms with E-state index in [0.29, 0.717) is 30.1 Å². The van der Waals surface area contributed by atoms with E-state index in [2.05, 4.69) is 6.92 Å². The predicted octanol–water partition coefficient (Wildman–Crippen LogP) is 1.31. The molecule has 4 aliphatic heterocycles. The van der Waals surface area contributed by atoms with Crippen LogP contribution in [0.4, 0.5) is 0 Å². The summed E-state index contributed by atoms with van der Waals surface area (Å²) in [4.78, 5) is 14.1. The fourth-order valence-corrected chi connectivity index (χ4v) is 7.16. The van der Waals surface area contributed by atoms with Gasteiger partial charge in [-0.1, -0.05) is 12.0 Å². The Hall–Kier alpha value is -1.11. The zero-order valence-electron chi connectivity index (χ0n) is 17.3. The first-order valence-electron chi connectivity index (χ1n) is 11.1. The Morgan fingerprint density at radius 1 is 1.18 bits per heavy atom. The number of fused-ring (bicyclic) bond motifs is 6. The minimum absolute atomic E-state index is 0.162. The standard InChI is InChI=1S/C22H33N2O4/c1-12-17-10-24-7-6-15-14-5-4-13(26-2)8-19(14)23-21(15)20(24)9-16(17)18(11-28-12)22(25)27-3/h11-17,19-21H,4-10H2,1-3H3/q-1/p+1/t12-,13?,14?,15?,16+,17-,19?,20?,21?/m1/s1. The molecule has 10 atom stereocenters. The van der Waals surface area contributed by atoms with Crippen molar-refractivity contribution in [1.29, 1.82) is 0 Å². The lowest BCUT2D eigenvalue weighted by Crippen LogP contribution is -3.20. The second-order valence-electron chi connectivity index (χ2n) is 9.63. The molecule has 0 aromatic heterocycles. The third-order valence-corrected chi connectivity index (χ3v) is 8.60. The number of ether oxygens (including phenoxy) is 3. The van der Waals surface area contributed by atoms with Crippen LogP contribution in [0.3, 0.4) is 0 Å². The van der Waals surface area contributed by atoms with Crippen LogP contribution in [-0.2, 0) is 19.0 Å². The number of quaternary nitrogens is 1. The van der Waals surface area contributed by atoms with Gasteiger partial charge in [-0.2, -0.15) is 0 Å². The van der Waals surface area contributed by atoms with Crippen molar-refractivity contribution in [2.75, 3.05) is 27.3 Å². The molecule has 5 rings (SSSR count). The van der Waals surface area contributed by atoms with Crippen molar-refractivity contribution in [3.63, 3.8) is 0 Å². The fraction of sp³-hybridized carbons (Fsp3) is 0.864. The van der Waals surface area contributed by atoms with E-state index in [1.54, 1.807) is 11.2 Å². The lowest BCUT2D eigenvalue weighted by Gasteiger charge is -2.53. The number of piperidine rings is 2. The smallest absolute Gasteiger partial charge is 0.337 e. The summed E-state index contributed by atoms with van der Waals surface area (Å²) in [7, 11) is 3.31. The molecule has 28 heavy (non-hydrogen) atoms. The van der Waals surface area contributed by atoms with Crippen molar-refractivity contribution >= 4 is 5.97 Å². The Morgan fingerprint density at radius 3 is 2.82 bits per heavy atom. The summed E-state index contributed by atoms with van der Waals surface area (Å²) in [5, 5.41) is 5.39. The van der Waals surface area contributed by atoms with Gasteiger partial charge >= 0.3 is 5.97 Å². The van der Waals surface area contributed by atoms with Gasteiger partial charge in [-0.3, -0.25) is 0 Å². The first-order valence-corrected chi connectivity index (χ1v) is 11.1. The van der Waals surface area contributed by atoms with Crippen molar-refractivity contribution in [3.05, 3.63) is 17.2 Å². The molecule has 0 aromatic carbocycles. The van der Waals surface area contributed by atoms with Gasteiger partial charge in [-0.05, 0) is 38.5 Å². The molecule has 0 spiro atoms. The largest absolute Gasteiger partial charge is 0.651 e. The summed E-state index contributed by atoms with van der Waals surface area (Å²) < 4.78 is 16.6. The van der Waals surface area contributed by atoms with E-state index in [1.165, 1.54) is 32.9 Å².